The van der Waals surface area contributed by atoms with Crippen LogP contribution in [0.4, 0.5) is 0 Å². The number of rotatable bonds is 12. The molecule has 0 aromatic heterocycles. The van der Waals surface area contributed by atoms with Crippen LogP contribution in [0.25, 0.3) is 0 Å². The highest BCUT2D eigenvalue weighted by Gasteiger charge is 2.48. The van der Waals surface area contributed by atoms with E-state index in [2.05, 4.69) is 0 Å². The first kappa shape index (κ1) is 27.5. The Morgan fingerprint density at radius 2 is 1.14 bits per heavy atom. The van der Waals surface area contributed by atoms with Crippen LogP contribution in [0, 0.1) is 0 Å². The maximum absolute atomic E-state index is 11.8. The summed E-state index contributed by atoms with van der Waals surface area (Å²) in [5, 5.41) is 0.0172. The fraction of sp³-hybridized carbons (Fsp3) is 0.367. The number of ether oxygens (including phenoxy) is 5. The molecule has 7 heteroatoms. The Kier molecular flexibility index (Phi) is 10.7. The van der Waals surface area contributed by atoms with Gasteiger partial charge in [0.25, 0.3) is 0 Å². The Balaban J connectivity index is 1.60. The highest BCUT2D eigenvalue weighted by Crippen LogP contribution is 2.32. The van der Waals surface area contributed by atoms with Gasteiger partial charge >= 0.3 is 0 Å². The lowest BCUT2D eigenvalue weighted by Gasteiger charge is -2.45. The van der Waals surface area contributed by atoms with Gasteiger partial charge in [-0.25, -0.2) is 0 Å². The second kappa shape index (κ2) is 14.4. The van der Waals surface area contributed by atoms with E-state index in [9.17, 15) is 4.79 Å². The van der Waals surface area contributed by atoms with Crippen LogP contribution in [-0.2, 0) is 48.3 Å². The smallest absolute Gasteiger partial charge is 0.186 e. The fourth-order valence-electron chi connectivity index (χ4n) is 4.27. The molecule has 0 spiro atoms. The Morgan fingerprint density at radius 1 is 0.703 bits per heavy atom. The Hall–Kier alpha value is -2.52. The van der Waals surface area contributed by atoms with Crippen molar-refractivity contribution in [3.63, 3.8) is 0 Å². The second-order valence-corrected chi connectivity index (χ2v) is 10.1. The molecule has 1 aliphatic heterocycles. The summed E-state index contributed by atoms with van der Waals surface area (Å²) in [6, 6.07) is 29.9. The molecule has 0 amide bonds. The number of thioether (sulfide) groups is 1. The van der Waals surface area contributed by atoms with Crippen LogP contribution in [0.5, 0.6) is 0 Å². The minimum Gasteiger partial charge on any atom is -0.368 e. The quantitative estimate of drug-likeness (QED) is 0.316. The van der Waals surface area contributed by atoms with Crippen LogP contribution in [-0.4, -0.2) is 48.7 Å². The van der Waals surface area contributed by atoms with Crippen molar-refractivity contribution in [1.82, 2.24) is 0 Å². The van der Waals surface area contributed by atoms with Crippen LogP contribution in [0.3, 0.4) is 0 Å². The molecule has 6 nitrogen and oxygen atoms in total. The summed E-state index contributed by atoms with van der Waals surface area (Å²) in [4.78, 5) is 11.8. The first-order valence-electron chi connectivity index (χ1n) is 12.4. The molecule has 5 atom stereocenters. The molecular weight excluding hydrogens is 488 g/mol. The summed E-state index contributed by atoms with van der Waals surface area (Å²) in [6.45, 7) is 2.68. The van der Waals surface area contributed by atoms with E-state index in [0.29, 0.717) is 25.6 Å². The zero-order valence-electron chi connectivity index (χ0n) is 21.2. The van der Waals surface area contributed by atoms with Gasteiger partial charge < -0.3 is 23.7 Å². The topological polar surface area (TPSA) is 63.2 Å². The minimum absolute atomic E-state index is 0.0172. The molecule has 1 saturated heterocycles. The molecule has 0 saturated carbocycles. The summed E-state index contributed by atoms with van der Waals surface area (Å²) in [6.07, 6.45) is -2.64. The van der Waals surface area contributed by atoms with Gasteiger partial charge in [0.05, 0.1) is 25.9 Å². The van der Waals surface area contributed by atoms with Crippen LogP contribution in [0.2, 0.25) is 0 Å². The van der Waals surface area contributed by atoms with Crippen molar-refractivity contribution in [2.75, 3.05) is 12.9 Å². The number of carbonyl (C=O) groups is 1. The minimum atomic E-state index is -0.682. The van der Waals surface area contributed by atoms with Crippen molar-refractivity contribution in [1.29, 1.82) is 0 Å². The lowest BCUT2D eigenvalue weighted by Crippen LogP contribution is -2.61. The summed E-state index contributed by atoms with van der Waals surface area (Å²) in [5.41, 5.74) is 3.12. The lowest BCUT2D eigenvalue weighted by atomic mass is 9.98. The molecule has 0 bridgehead atoms. The average Bonchev–Trinajstić information content (AvgIpc) is 2.94. The van der Waals surface area contributed by atoms with E-state index in [0.717, 1.165) is 16.7 Å². The molecule has 0 unspecified atom stereocenters. The number of hydrogen-bond acceptors (Lipinski definition) is 7. The Morgan fingerprint density at radius 3 is 1.57 bits per heavy atom. The summed E-state index contributed by atoms with van der Waals surface area (Å²) < 4.78 is 31.5. The van der Waals surface area contributed by atoms with E-state index in [1.54, 1.807) is 14.0 Å². The zero-order chi connectivity index (χ0) is 25.9. The molecule has 1 fully saturated rings. The Labute approximate surface area is 223 Å². The van der Waals surface area contributed by atoms with Crippen molar-refractivity contribution in [3.8, 4) is 0 Å². The van der Waals surface area contributed by atoms with Gasteiger partial charge in [-0.3, -0.25) is 4.79 Å². The molecule has 0 aliphatic carbocycles. The van der Waals surface area contributed by atoms with E-state index in [1.807, 2.05) is 91.0 Å². The molecule has 0 radical (unpaired) electrons. The molecule has 3 aromatic carbocycles. The zero-order valence-corrected chi connectivity index (χ0v) is 22.0. The molecule has 4 rings (SSSR count). The van der Waals surface area contributed by atoms with Crippen molar-refractivity contribution in [3.05, 3.63) is 108 Å². The maximum atomic E-state index is 11.8. The van der Waals surface area contributed by atoms with Crippen molar-refractivity contribution in [2.24, 2.45) is 0 Å². The third-order valence-corrected chi connectivity index (χ3v) is 7.03. The Bertz CT molecular complexity index is 1070. The predicted molar refractivity (Wildman–Crippen MR) is 144 cm³/mol. The third-order valence-electron chi connectivity index (χ3n) is 6.13. The highest BCUT2D eigenvalue weighted by atomic mass is 32.2. The normalized spacial score (nSPS) is 23.6. The van der Waals surface area contributed by atoms with Gasteiger partial charge in [0.15, 0.2) is 11.4 Å². The van der Waals surface area contributed by atoms with Crippen LogP contribution < -0.4 is 0 Å². The second-order valence-electron chi connectivity index (χ2n) is 8.86. The molecule has 196 valence electrons. The van der Waals surface area contributed by atoms with Crippen molar-refractivity contribution in [2.45, 2.75) is 57.5 Å². The first-order valence-corrected chi connectivity index (χ1v) is 13.4. The van der Waals surface area contributed by atoms with Crippen molar-refractivity contribution < 1.29 is 28.5 Å². The number of benzene rings is 3. The summed E-state index contributed by atoms with van der Waals surface area (Å²) >= 11 is 1.21. The van der Waals surface area contributed by atoms with E-state index in [-0.39, 0.29) is 5.12 Å². The van der Waals surface area contributed by atoms with Gasteiger partial charge in [-0.1, -0.05) is 103 Å². The molecule has 1 heterocycles. The van der Waals surface area contributed by atoms with Gasteiger partial charge in [-0.2, -0.15) is 0 Å². The average molecular weight is 523 g/mol. The van der Waals surface area contributed by atoms with Gasteiger partial charge in [0.2, 0.25) is 0 Å². The highest BCUT2D eigenvalue weighted by molar-refractivity contribution is 8.13. The standard InChI is InChI=1S/C30H34O6S/c1-22(31)37-21-26-27(33-18-23-12-6-3-7-13-23)28(34-19-24-14-8-4-9-15-24)29(30(32-2)36-26)35-20-25-16-10-5-11-17-25/h3-17,26-30H,18-21H2,1-2H3/t26-,27-,28+,29+,30+/m1/s1. The van der Waals surface area contributed by atoms with Gasteiger partial charge in [-0.15, -0.1) is 0 Å². The largest absolute Gasteiger partial charge is 0.368 e. The molecule has 0 N–H and O–H groups in total. The SMILES string of the molecule is CO[C@H]1O[C@H](CSC(C)=O)[C@@H](OCc2ccccc2)[C@H](OCc2ccccc2)[C@@H]1OCc1ccccc1. The van der Waals surface area contributed by atoms with Gasteiger partial charge in [-0.05, 0) is 16.7 Å². The maximum Gasteiger partial charge on any atom is 0.186 e. The fourth-order valence-corrected chi connectivity index (χ4v) is 4.94. The summed E-state index contributed by atoms with van der Waals surface area (Å²) in [5.74, 6) is 0.422. The number of hydrogen-bond donors (Lipinski definition) is 0. The van der Waals surface area contributed by atoms with E-state index >= 15 is 0 Å². The van der Waals surface area contributed by atoms with E-state index < -0.39 is 30.7 Å². The third kappa shape index (κ3) is 8.23. The van der Waals surface area contributed by atoms with E-state index in [4.69, 9.17) is 23.7 Å². The van der Waals surface area contributed by atoms with Crippen LogP contribution in [0.1, 0.15) is 23.6 Å². The summed E-state index contributed by atoms with van der Waals surface area (Å²) in [7, 11) is 1.60. The number of methoxy groups -OCH3 is 1. The predicted octanol–water partition coefficient (Wildman–Crippen LogP) is 5.39. The van der Waals surface area contributed by atoms with E-state index in [1.165, 1.54) is 11.8 Å². The first-order chi connectivity index (χ1) is 18.1. The number of carbonyl (C=O) groups excluding carboxylic acids is 1. The molecule has 3 aromatic rings. The molecular formula is C30H34O6S. The van der Waals surface area contributed by atoms with Gasteiger partial charge in [0, 0.05) is 19.8 Å². The van der Waals surface area contributed by atoms with Crippen LogP contribution in [0.15, 0.2) is 91.0 Å². The molecule has 1 aliphatic rings. The van der Waals surface area contributed by atoms with Crippen LogP contribution >= 0.6 is 11.8 Å². The monoisotopic (exact) mass is 522 g/mol. The molecule has 37 heavy (non-hydrogen) atoms. The lowest BCUT2D eigenvalue weighted by molar-refractivity contribution is -0.313. The van der Waals surface area contributed by atoms with Crippen molar-refractivity contribution >= 4 is 16.9 Å². The van der Waals surface area contributed by atoms with Gasteiger partial charge in [0.1, 0.15) is 18.3 Å².